The number of ether oxygens (including phenoxy) is 1. The zero-order chi connectivity index (χ0) is 24.5. The van der Waals surface area contributed by atoms with E-state index in [-0.39, 0.29) is 11.7 Å². The standard InChI is InChI=1S/C25H28Cl2FN3O3S/c26-22-6-1-15(10-23(22)27)9-18-14-30(7-8-34-18)13-17-11-24(28)21(12-20(17)16-2-3-16)25(32)29-31(33)35-19-4-5-19/h1,6,10-12,16,18-19,33H,2-5,7-9,13-14H2,(H,29,32). The molecule has 2 N–H and O–H groups in total. The Morgan fingerprint density at radius 2 is 2.00 bits per heavy atom. The van der Waals surface area contributed by atoms with Crippen molar-refractivity contribution in [2.75, 3.05) is 19.7 Å². The van der Waals surface area contributed by atoms with Crippen LogP contribution in [0.2, 0.25) is 10.0 Å². The molecule has 2 aliphatic carbocycles. The Bertz CT molecular complexity index is 1100. The highest BCUT2D eigenvalue weighted by atomic mass is 35.5. The monoisotopic (exact) mass is 539 g/mol. The lowest BCUT2D eigenvalue weighted by Crippen LogP contribution is -2.43. The van der Waals surface area contributed by atoms with E-state index in [0.717, 1.165) is 60.9 Å². The summed E-state index contributed by atoms with van der Waals surface area (Å²) in [6, 6.07) is 8.77. The summed E-state index contributed by atoms with van der Waals surface area (Å²) in [5, 5.41) is 11.3. The van der Waals surface area contributed by atoms with E-state index in [1.165, 1.54) is 6.07 Å². The first-order valence-electron chi connectivity index (χ1n) is 11.9. The van der Waals surface area contributed by atoms with Crippen molar-refractivity contribution >= 4 is 41.1 Å². The number of nitrogens with one attached hydrogen (secondary N) is 1. The normalized spacial score (nSPS) is 20.9. The van der Waals surface area contributed by atoms with Gasteiger partial charge in [-0.3, -0.25) is 20.3 Å². The highest BCUT2D eigenvalue weighted by Crippen LogP contribution is 2.43. The third kappa shape index (κ3) is 6.68. The number of amides is 1. The molecule has 35 heavy (non-hydrogen) atoms. The third-order valence-corrected chi connectivity index (χ3v) is 8.32. The van der Waals surface area contributed by atoms with Crippen molar-refractivity contribution in [1.29, 1.82) is 0 Å². The van der Waals surface area contributed by atoms with E-state index >= 15 is 4.39 Å². The van der Waals surface area contributed by atoms with E-state index in [0.29, 0.717) is 51.9 Å². The SMILES string of the molecule is O=C(NN(O)SC1CC1)c1cc(C2CC2)c(CN2CCOC(Cc3ccc(Cl)c(Cl)c3)C2)cc1F. The van der Waals surface area contributed by atoms with Gasteiger partial charge in [-0.25, -0.2) is 4.39 Å². The minimum absolute atomic E-state index is 0.000213. The van der Waals surface area contributed by atoms with E-state index in [4.69, 9.17) is 27.9 Å². The maximum Gasteiger partial charge on any atom is 0.271 e. The first kappa shape index (κ1) is 25.3. The quantitative estimate of drug-likeness (QED) is 0.319. The van der Waals surface area contributed by atoms with Gasteiger partial charge in [-0.15, -0.1) is 0 Å². The molecule has 1 saturated heterocycles. The van der Waals surface area contributed by atoms with Crippen molar-refractivity contribution in [2.24, 2.45) is 0 Å². The number of carbonyl (C=O) groups is 1. The molecule has 5 rings (SSSR count). The number of halogens is 3. The lowest BCUT2D eigenvalue weighted by Gasteiger charge is -2.33. The van der Waals surface area contributed by atoms with Crippen molar-refractivity contribution in [3.8, 4) is 0 Å². The molecule has 2 aromatic rings. The van der Waals surface area contributed by atoms with Gasteiger partial charge in [0, 0.05) is 24.9 Å². The zero-order valence-corrected chi connectivity index (χ0v) is 21.5. The van der Waals surface area contributed by atoms with E-state index < -0.39 is 11.7 Å². The molecule has 6 nitrogen and oxygen atoms in total. The van der Waals surface area contributed by atoms with Crippen molar-refractivity contribution in [1.82, 2.24) is 14.9 Å². The van der Waals surface area contributed by atoms with Crippen LogP contribution in [-0.4, -0.2) is 51.6 Å². The largest absolute Gasteiger partial charge is 0.375 e. The molecule has 0 aromatic heterocycles. The molecular formula is C25H28Cl2FN3O3S. The summed E-state index contributed by atoms with van der Waals surface area (Å²) < 4.78 is 21.7. The Morgan fingerprint density at radius 3 is 2.71 bits per heavy atom. The molecule has 1 unspecified atom stereocenters. The van der Waals surface area contributed by atoms with Crippen LogP contribution in [-0.2, 0) is 17.7 Å². The van der Waals surface area contributed by atoms with Gasteiger partial charge in [-0.05, 0) is 95.5 Å². The van der Waals surface area contributed by atoms with E-state index in [1.54, 1.807) is 12.1 Å². The molecule has 188 valence electrons. The molecule has 1 aliphatic heterocycles. The van der Waals surface area contributed by atoms with Gasteiger partial charge in [0.05, 0.1) is 28.3 Å². The first-order valence-corrected chi connectivity index (χ1v) is 13.5. The van der Waals surface area contributed by atoms with Crippen molar-refractivity contribution < 1.29 is 19.1 Å². The van der Waals surface area contributed by atoms with Gasteiger partial charge in [-0.2, -0.15) is 0 Å². The van der Waals surface area contributed by atoms with Crippen molar-refractivity contribution in [2.45, 2.75) is 55.9 Å². The van der Waals surface area contributed by atoms with Crippen LogP contribution in [0.4, 0.5) is 4.39 Å². The molecule has 0 spiro atoms. The van der Waals surface area contributed by atoms with Crippen LogP contribution >= 0.6 is 35.1 Å². The molecule has 0 radical (unpaired) electrons. The summed E-state index contributed by atoms with van der Waals surface area (Å²) in [7, 11) is 0. The Morgan fingerprint density at radius 1 is 1.20 bits per heavy atom. The van der Waals surface area contributed by atoms with E-state index in [2.05, 4.69) is 10.3 Å². The van der Waals surface area contributed by atoms with Crippen LogP contribution in [0.1, 0.15) is 58.6 Å². The lowest BCUT2D eigenvalue weighted by atomic mass is 9.98. The Hall–Kier alpha value is -1.39. The molecular weight excluding hydrogens is 512 g/mol. The van der Waals surface area contributed by atoms with Gasteiger partial charge in [0.15, 0.2) is 0 Å². The second-order valence-electron chi connectivity index (χ2n) is 9.50. The maximum absolute atomic E-state index is 15.0. The van der Waals surface area contributed by atoms with Crippen LogP contribution in [0.25, 0.3) is 0 Å². The average molecular weight is 540 g/mol. The molecule has 2 saturated carbocycles. The average Bonchev–Trinajstić information content (AvgIpc) is 3.72. The molecule has 10 heteroatoms. The van der Waals surface area contributed by atoms with Gasteiger partial charge in [0.2, 0.25) is 0 Å². The van der Waals surface area contributed by atoms with Crippen LogP contribution in [0.3, 0.4) is 0 Å². The summed E-state index contributed by atoms with van der Waals surface area (Å²) in [5.74, 6) is -0.872. The molecule has 2 aromatic carbocycles. The van der Waals surface area contributed by atoms with E-state index in [9.17, 15) is 10.0 Å². The fraction of sp³-hybridized carbons (Fsp3) is 0.480. The van der Waals surface area contributed by atoms with Gasteiger partial charge in [-0.1, -0.05) is 29.3 Å². The highest BCUT2D eigenvalue weighted by molar-refractivity contribution is 7.97. The lowest BCUT2D eigenvalue weighted by molar-refractivity contribution is -0.0305. The van der Waals surface area contributed by atoms with Crippen LogP contribution in [0, 0.1) is 5.82 Å². The summed E-state index contributed by atoms with van der Waals surface area (Å²) >= 11 is 13.3. The Kier molecular flexibility index (Phi) is 7.89. The van der Waals surface area contributed by atoms with Crippen molar-refractivity contribution in [3.05, 3.63) is 68.4 Å². The first-order chi connectivity index (χ1) is 16.9. The summed E-state index contributed by atoms with van der Waals surface area (Å²) in [6.45, 7) is 2.66. The predicted molar refractivity (Wildman–Crippen MR) is 135 cm³/mol. The van der Waals surface area contributed by atoms with Crippen LogP contribution < -0.4 is 5.43 Å². The fourth-order valence-corrected chi connectivity index (χ4v) is 5.51. The predicted octanol–water partition coefficient (Wildman–Crippen LogP) is 5.60. The number of hydrazine groups is 1. The minimum Gasteiger partial charge on any atom is -0.375 e. The second-order valence-corrected chi connectivity index (χ2v) is 11.5. The number of benzene rings is 2. The topological polar surface area (TPSA) is 65.0 Å². The van der Waals surface area contributed by atoms with Gasteiger partial charge >= 0.3 is 0 Å². The summed E-state index contributed by atoms with van der Waals surface area (Å²) in [6.07, 6.45) is 4.79. The van der Waals surface area contributed by atoms with Gasteiger partial charge in [0.1, 0.15) is 5.82 Å². The van der Waals surface area contributed by atoms with E-state index in [1.807, 2.05) is 12.1 Å². The summed E-state index contributed by atoms with van der Waals surface area (Å²) in [4.78, 5) is 14.9. The molecule has 0 bridgehead atoms. The number of rotatable bonds is 9. The van der Waals surface area contributed by atoms with Crippen LogP contribution in [0.5, 0.6) is 0 Å². The highest BCUT2D eigenvalue weighted by Gasteiger charge is 2.31. The van der Waals surface area contributed by atoms with Gasteiger partial charge in [0.25, 0.3) is 5.91 Å². The minimum atomic E-state index is -0.639. The molecule has 3 fully saturated rings. The molecule has 3 aliphatic rings. The fourth-order valence-electron chi connectivity index (χ4n) is 4.42. The summed E-state index contributed by atoms with van der Waals surface area (Å²) in [5.41, 5.74) is 5.31. The smallest absolute Gasteiger partial charge is 0.271 e. The number of nitrogens with zero attached hydrogens (tertiary/aromatic N) is 2. The maximum atomic E-state index is 15.0. The van der Waals surface area contributed by atoms with Gasteiger partial charge < -0.3 is 4.74 Å². The molecule has 1 atom stereocenters. The molecule has 1 heterocycles. The zero-order valence-electron chi connectivity index (χ0n) is 19.2. The molecule has 1 amide bonds. The third-order valence-electron chi connectivity index (χ3n) is 6.53. The Balaban J connectivity index is 1.26. The number of hydrogen-bond acceptors (Lipinski definition) is 6. The van der Waals surface area contributed by atoms with Crippen molar-refractivity contribution in [3.63, 3.8) is 0 Å². The number of morpholine rings is 1. The Labute approximate surface area is 218 Å². The second kappa shape index (κ2) is 10.9. The van der Waals surface area contributed by atoms with Crippen LogP contribution in [0.15, 0.2) is 30.3 Å². The number of carbonyl (C=O) groups excluding carboxylic acids is 1. The number of hydrogen-bond donors (Lipinski definition) is 2.